The first kappa shape index (κ1) is 20.0. The Kier molecular flexibility index (Phi) is 5.46. The standard InChI is InChI=1S/C22H35N5/c1-15-11-19(16-12-21(2,3)26-22(4,5)13-16)25-20(18(15)14-23)24-17-7-9-27(6)10-8-17/h11-12,14,17,23,26H,7-10,13H2,1-6H3,(H,24,25). The van der Waals surface area contributed by atoms with Crippen molar-refractivity contribution in [2.24, 2.45) is 0 Å². The molecule has 0 radical (unpaired) electrons. The molecule has 2 aliphatic rings. The van der Waals surface area contributed by atoms with Crippen LogP contribution in [0.4, 0.5) is 5.82 Å². The fourth-order valence-corrected chi connectivity index (χ4v) is 4.57. The zero-order chi connectivity index (χ0) is 19.8. The third-order valence-electron chi connectivity index (χ3n) is 5.63. The summed E-state index contributed by atoms with van der Waals surface area (Å²) >= 11 is 0. The molecule has 1 fully saturated rings. The molecule has 0 unspecified atom stereocenters. The molecule has 0 spiro atoms. The van der Waals surface area contributed by atoms with Crippen LogP contribution in [0.2, 0.25) is 0 Å². The summed E-state index contributed by atoms with van der Waals surface area (Å²) in [7, 11) is 2.18. The topological polar surface area (TPSA) is 64.0 Å². The lowest BCUT2D eigenvalue weighted by Crippen LogP contribution is -2.53. The molecule has 2 aliphatic heterocycles. The Hall–Kier alpha value is -1.72. The van der Waals surface area contributed by atoms with Gasteiger partial charge in [0.05, 0.1) is 5.69 Å². The number of nitrogens with zero attached hydrogens (tertiary/aromatic N) is 2. The Bertz CT molecular complexity index is 739. The molecule has 1 saturated heterocycles. The molecular formula is C22H35N5. The Labute approximate surface area is 164 Å². The third kappa shape index (κ3) is 4.77. The van der Waals surface area contributed by atoms with E-state index in [1.165, 1.54) is 11.8 Å². The maximum Gasteiger partial charge on any atom is 0.135 e. The molecule has 5 heteroatoms. The van der Waals surface area contributed by atoms with Gasteiger partial charge < -0.3 is 20.9 Å². The van der Waals surface area contributed by atoms with E-state index >= 15 is 0 Å². The van der Waals surface area contributed by atoms with Gasteiger partial charge in [0.25, 0.3) is 0 Å². The first-order valence-electron chi connectivity index (χ1n) is 10.1. The first-order chi connectivity index (χ1) is 12.6. The van der Waals surface area contributed by atoms with E-state index in [1.54, 1.807) is 0 Å². The van der Waals surface area contributed by atoms with Crippen LogP contribution >= 0.6 is 0 Å². The second-order valence-corrected chi connectivity index (χ2v) is 9.53. The normalized spacial score (nSPS) is 23.0. The van der Waals surface area contributed by atoms with Crippen LogP contribution in [-0.2, 0) is 0 Å². The summed E-state index contributed by atoms with van der Waals surface area (Å²) in [5.41, 5.74) is 4.32. The van der Waals surface area contributed by atoms with Gasteiger partial charge in [-0.25, -0.2) is 4.98 Å². The number of aromatic nitrogens is 1. The Morgan fingerprint density at radius 2 is 1.93 bits per heavy atom. The summed E-state index contributed by atoms with van der Waals surface area (Å²) in [6.07, 6.45) is 6.93. The lowest BCUT2D eigenvalue weighted by atomic mass is 9.82. The number of piperidine rings is 1. The van der Waals surface area contributed by atoms with Gasteiger partial charge in [0.2, 0.25) is 0 Å². The van der Waals surface area contributed by atoms with E-state index in [-0.39, 0.29) is 11.1 Å². The van der Waals surface area contributed by atoms with Crippen molar-refractivity contribution in [3.8, 4) is 0 Å². The molecule has 0 bridgehead atoms. The smallest absolute Gasteiger partial charge is 0.135 e. The van der Waals surface area contributed by atoms with Crippen molar-refractivity contribution in [3.05, 3.63) is 29.0 Å². The number of nitrogens with one attached hydrogen (secondary N) is 3. The molecule has 3 heterocycles. The molecule has 0 amide bonds. The Morgan fingerprint density at radius 3 is 2.52 bits per heavy atom. The van der Waals surface area contributed by atoms with Gasteiger partial charge in [-0.1, -0.05) is 6.08 Å². The largest absolute Gasteiger partial charge is 0.367 e. The molecule has 148 valence electrons. The van der Waals surface area contributed by atoms with Crippen LogP contribution in [0.25, 0.3) is 5.57 Å². The fourth-order valence-electron chi connectivity index (χ4n) is 4.57. The van der Waals surface area contributed by atoms with Crippen molar-refractivity contribution in [1.29, 1.82) is 5.41 Å². The highest BCUT2D eigenvalue weighted by atomic mass is 15.1. The number of hydrogen-bond donors (Lipinski definition) is 3. The molecule has 5 nitrogen and oxygen atoms in total. The minimum Gasteiger partial charge on any atom is -0.367 e. The molecular weight excluding hydrogens is 334 g/mol. The lowest BCUT2D eigenvalue weighted by Gasteiger charge is -2.41. The van der Waals surface area contributed by atoms with Crippen LogP contribution in [0.15, 0.2) is 12.1 Å². The highest BCUT2D eigenvalue weighted by Crippen LogP contribution is 2.34. The SMILES string of the molecule is Cc1cc(C2=CC(C)(C)NC(C)(C)C2)nc(NC2CCN(C)CC2)c1C=N. The van der Waals surface area contributed by atoms with E-state index in [9.17, 15) is 0 Å². The van der Waals surface area contributed by atoms with Crippen molar-refractivity contribution in [2.45, 2.75) is 71.0 Å². The third-order valence-corrected chi connectivity index (χ3v) is 5.63. The van der Waals surface area contributed by atoms with Gasteiger partial charge in [-0.2, -0.15) is 0 Å². The predicted octanol–water partition coefficient (Wildman–Crippen LogP) is 3.83. The molecule has 1 aromatic rings. The van der Waals surface area contributed by atoms with E-state index in [0.29, 0.717) is 6.04 Å². The molecule has 3 N–H and O–H groups in total. The van der Waals surface area contributed by atoms with Crippen molar-refractivity contribution < 1.29 is 0 Å². The summed E-state index contributed by atoms with van der Waals surface area (Å²) in [6, 6.07) is 2.57. The zero-order valence-electron chi connectivity index (χ0n) is 17.7. The predicted molar refractivity (Wildman–Crippen MR) is 115 cm³/mol. The lowest BCUT2D eigenvalue weighted by molar-refractivity contribution is 0.263. The van der Waals surface area contributed by atoms with Gasteiger partial charge >= 0.3 is 0 Å². The van der Waals surface area contributed by atoms with Crippen LogP contribution in [0.5, 0.6) is 0 Å². The average molecular weight is 370 g/mol. The van der Waals surface area contributed by atoms with E-state index < -0.39 is 0 Å². The monoisotopic (exact) mass is 369 g/mol. The maximum atomic E-state index is 7.88. The van der Waals surface area contributed by atoms with E-state index in [0.717, 1.165) is 55.0 Å². The summed E-state index contributed by atoms with van der Waals surface area (Å²) in [5.74, 6) is 0.865. The van der Waals surface area contributed by atoms with Crippen LogP contribution in [0.1, 0.15) is 63.8 Å². The van der Waals surface area contributed by atoms with Crippen molar-refractivity contribution in [2.75, 3.05) is 25.5 Å². The van der Waals surface area contributed by atoms with Gasteiger partial charge in [0.1, 0.15) is 5.82 Å². The van der Waals surface area contributed by atoms with Crippen LogP contribution in [0.3, 0.4) is 0 Å². The van der Waals surface area contributed by atoms with Gasteiger partial charge in [-0.3, -0.25) is 0 Å². The van der Waals surface area contributed by atoms with Crippen molar-refractivity contribution >= 4 is 17.6 Å². The highest BCUT2D eigenvalue weighted by molar-refractivity contribution is 5.87. The number of hydrogen-bond acceptors (Lipinski definition) is 5. The van der Waals surface area contributed by atoms with Crippen LogP contribution in [0, 0.1) is 12.3 Å². The van der Waals surface area contributed by atoms with Crippen molar-refractivity contribution in [3.63, 3.8) is 0 Å². The van der Waals surface area contributed by atoms with Gasteiger partial charge in [0, 0.05) is 28.9 Å². The Balaban J connectivity index is 1.94. The number of rotatable bonds is 4. The number of likely N-dealkylation sites (tertiary alicyclic amines) is 1. The quantitative estimate of drug-likeness (QED) is 0.706. The summed E-state index contributed by atoms with van der Waals surface area (Å²) in [5, 5.41) is 15.2. The van der Waals surface area contributed by atoms with Gasteiger partial charge in [-0.15, -0.1) is 0 Å². The molecule has 3 rings (SSSR count). The van der Waals surface area contributed by atoms with E-state index in [2.05, 4.69) is 69.3 Å². The van der Waals surface area contributed by atoms with Crippen LogP contribution < -0.4 is 10.6 Å². The molecule has 1 aromatic heterocycles. The van der Waals surface area contributed by atoms with E-state index in [4.69, 9.17) is 10.4 Å². The van der Waals surface area contributed by atoms with Gasteiger partial charge in [0.15, 0.2) is 0 Å². The highest BCUT2D eigenvalue weighted by Gasteiger charge is 2.33. The van der Waals surface area contributed by atoms with Crippen LogP contribution in [-0.4, -0.2) is 53.4 Å². The second-order valence-electron chi connectivity index (χ2n) is 9.53. The molecule has 0 aromatic carbocycles. The summed E-state index contributed by atoms with van der Waals surface area (Å²) in [6.45, 7) is 13.2. The minimum atomic E-state index is -0.0611. The maximum absolute atomic E-state index is 7.88. The first-order valence-corrected chi connectivity index (χ1v) is 10.1. The number of anilines is 1. The number of aryl methyl sites for hydroxylation is 1. The van der Waals surface area contributed by atoms with Gasteiger partial charge in [-0.05, 0) is 91.2 Å². The Morgan fingerprint density at radius 1 is 1.26 bits per heavy atom. The summed E-state index contributed by atoms with van der Waals surface area (Å²) in [4.78, 5) is 7.37. The molecule has 27 heavy (non-hydrogen) atoms. The minimum absolute atomic E-state index is 0.0327. The van der Waals surface area contributed by atoms with Crippen molar-refractivity contribution in [1.82, 2.24) is 15.2 Å². The molecule has 0 saturated carbocycles. The number of pyridine rings is 1. The van der Waals surface area contributed by atoms with E-state index in [1.807, 2.05) is 0 Å². The average Bonchev–Trinajstić information content (AvgIpc) is 2.54. The fraction of sp³-hybridized carbons (Fsp3) is 0.636. The second kappa shape index (κ2) is 7.36. The molecule has 0 aliphatic carbocycles. The molecule has 0 atom stereocenters. The zero-order valence-corrected chi connectivity index (χ0v) is 17.7. The summed E-state index contributed by atoms with van der Waals surface area (Å²) < 4.78 is 0.